The van der Waals surface area contributed by atoms with E-state index in [2.05, 4.69) is 0 Å². The topological polar surface area (TPSA) is 127 Å². The average Bonchev–Trinajstić information content (AvgIpc) is 2.83. The van der Waals surface area contributed by atoms with E-state index in [-0.39, 0.29) is 34.6 Å². The van der Waals surface area contributed by atoms with E-state index in [9.17, 15) is 24.6 Å². The first-order chi connectivity index (χ1) is 16.7. The lowest BCUT2D eigenvalue weighted by Gasteiger charge is -2.16. The third kappa shape index (κ3) is 6.03. The normalized spacial score (nSPS) is 12.3. The summed E-state index contributed by atoms with van der Waals surface area (Å²) in [6.07, 6.45) is 2.11. The number of aliphatic hydroxyl groups excluding tert-OH is 1. The van der Waals surface area contributed by atoms with E-state index in [4.69, 9.17) is 10.5 Å². The van der Waals surface area contributed by atoms with Gasteiger partial charge in [0.05, 0.1) is 0 Å². The van der Waals surface area contributed by atoms with Gasteiger partial charge in [0.2, 0.25) is 11.6 Å². The second-order valence-electron chi connectivity index (χ2n) is 8.00. The molecule has 0 amide bonds. The molecule has 0 spiro atoms. The summed E-state index contributed by atoms with van der Waals surface area (Å²) in [5, 5.41) is 19.7. The fourth-order valence-corrected chi connectivity index (χ4v) is 3.28. The Morgan fingerprint density at radius 3 is 2.14 bits per heavy atom. The van der Waals surface area contributed by atoms with Crippen molar-refractivity contribution in [1.29, 1.82) is 0 Å². The molecule has 0 aromatic heterocycles. The number of nitrogens with two attached hydrogens (primary N) is 1. The van der Waals surface area contributed by atoms with Gasteiger partial charge in [-0.25, -0.2) is 4.79 Å². The van der Waals surface area contributed by atoms with Crippen molar-refractivity contribution < 1.29 is 29.3 Å². The summed E-state index contributed by atoms with van der Waals surface area (Å²) in [5.41, 5.74) is 7.88. The summed E-state index contributed by atoms with van der Waals surface area (Å²) in [5.74, 6) is -1.61. The minimum Gasteiger partial charge on any atom is -0.507 e. The van der Waals surface area contributed by atoms with Crippen molar-refractivity contribution in [1.82, 2.24) is 0 Å². The highest BCUT2D eigenvalue weighted by atomic mass is 16.5. The number of fused-ring (bicyclic) bond motifs is 1. The number of ether oxygens (including phenoxy) is 1. The number of aromatic hydroxyl groups is 1. The molecule has 35 heavy (non-hydrogen) atoms. The quantitative estimate of drug-likeness (QED) is 0.155. The molecule has 4 rings (SSSR count). The summed E-state index contributed by atoms with van der Waals surface area (Å²) in [4.78, 5) is 35.5. The number of aliphatic hydroxyl groups is 1. The van der Waals surface area contributed by atoms with Gasteiger partial charge in [-0.15, -0.1) is 0 Å². The van der Waals surface area contributed by atoms with Gasteiger partial charge in [0.15, 0.2) is 0 Å². The Balaban J connectivity index is 0.000000196. The van der Waals surface area contributed by atoms with Crippen molar-refractivity contribution in [2.75, 3.05) is 5.73 Å². The van der Waals surface area contributed by atoms with E-state index in [1.807, 2.05) is 26.0 Å². The van der Waals surface area contributed by atoms with Crippen LogP contribution in [0, 0.1) is 0 Å². The van der Waals surface area contributed by atoms with Crippen LogP contribution in [0.1, 0.15) is 46.5 Å². The number of benzene rings is 3. The Kier molecular flexibility index (Phi) is 7.84. The average molecular weight is 472 g/mol. The van der Waals surface area contributed by atoms with Crippen LogP contribution in [0.3, 0.4) is 0 Å². The van der Waals surface area contributed by atoms with E-state index < -0.39 is 17.5 Å². The van der Waals surface area contributed by atoms with E-state index in [0.29, 0.717) is 17.0 Å². The van der Waals surface area contributed by atoms with E-state index in [1.54, 1.807) is 48.5 Å². The van der Waals surface area contributed by atoms with Gasteiger partial charge in [-0.2, -0.15) is 0 Å². The Morgan fingerprint density at radius 2 is 1.51 bits per heavy atom. The predicted octanol–water partition coefficient (Wildman–Crippen LogP) is 5.27. The molecule has 0 bridgehead atoms. The summed E-state index contributed by atoms with van der Waals surface area (Å²) in [7, 11) is 0. The maximum Gasteiger partial charge on any atom is 0.347 e. The highest BCUT2D eigenvalue weighted by Crippen LogP contribution is 2.29. The van der Waals surface area contributed by atoms with Crippen LogP contribution in [0.4, 0.5) is 5.69 Å². The number of phenols is 1. The minimum atomic E-state index is -0.617. The maximum absolute atomic E-state index is 11.9. The molecule has 7 nitrogen and oxygen atoms in total. The summed E-state index contributed by atoms with van der Waals surface area (Å²) in [6.45, 7) is 3.81. The second kappa shape index (κ2) is 11.0. The molecule has 0 heterocycles. The van der Waals surface area contributed by atoms with Gasteiger partial charge in [-0.3, -0.25) is 9.59 Å². The molecule has 178 valence electrons. The van der Waals surface area contributed by atoms with Crippen molar-refractivity contribution in [2.24, 2.45) is 0 Å². The minimum absolute atomic E-state index is 0.0762. The summed E-state index contributed by atoms with van der Waals surface area (Å²) >= 11 is 0. The standard InChI is InChI=1S/C15H14O3.C13H11NO3/c1-9(2)7-8-12-13(16)10-5-3-4-6-11(10)14(17)15(12)18;14-9-6-7-11(12(15)8-9)13(16)17-10-4-2-1-3-5-10/h3-7,16H,8H2,1-2H3;1-8,15H,14H2. The molecule has 4 N–H and O–H groups in total. The van der Waals surface area contributed by atoms with Crippen LogP contribution in [-0.2, 0) is 4.79 Å². The van der Waals surface area contributed by atoms with Crippen LogP contribution < -0.4 is 10.5 Å². The number of rotatable bonds is 4. The van der Waals surface area contributed by atoms with Crippen LogP contribution in [0.25, 0.3) is 5.76 Å². The highest BCUT2D eigenvalue weighted by molar-refractivity contribution is 6.52. The first-order valence-corrected chi connectivity index (χ1v) is 10.8. The van der Waals surface area contributed by atoms with E-state index in [0.717, 1.165) is 5.57 Å². The molecule has 0 radical (unpaired) electrons. The van der Waals surface area contributed by atoms with Crippen molar-refractivity contribution in [2.45, 2.75) is 20.3 Å². The monoisotopic (exact) mass is 471 g/mol. The Hall–Kier alpha value is -4.65. The number of hydrogen-bond acceptors (Lipinski definition) is 7. The highest BCUT2D eigenvalue weighted by Gasteiger charge is 2.31. The smallest absolute Gasteiger partial charge is 0.347 e. The Labute approximate surface area is 202 Å². The zero-order chi connectivity index (χ0) is 25.5. The van der Waals surface area contributed by atoms with Crippen molar-refractivity contribution >= 4 is 29.0 Å². The third-order valence-electron chi connectivity index (χ3n) is 5.10. The molecule has 0 unspecified atom stereocenters. The van der Waals surface area contributed by atoms with Crippen molar-refractivity contribution in [3.8, 4) is 11.5 Å². The molecule has 7 heteroatoms. The fraction of sp³-hybridized carbons (Fsp3) is 0.107. The zero-order valence-corrected chi connectivity index (χ0v) is 19.3. The number of anilines is 1. The zero-order valence-electron chi connectivity index (χ0n) is 19.3. The van der Waals surface area contributed by atoms with Gasteiger partial charge in [-0.05, 0) is 44.5 Å². The van der Waals surface area contributed by atoms with Crippen molar-refractivity contribution in [3.05, 3.63) is 107 Å². The van der Waals surface area contributed by atoms with Gasteiger partial charge in [0.25, 0.3) is 0 Å². The summed E-state index contributed by atoms with van der Waals surface area (Å²) in [6, 6.07) is 19.5. The number of nitrogen functional groups attached to an aromatic ring is 1. The summed E-state index contributed by atoms with van der Waals surface area (Å²) < 4.78 is 5.08. The van der Waals surface area contributed by atoms with Gasteiger partial charge in [0.1, 0.15) is 22.8 Å². The number of phenolic OH excluding ortho intramolecular Hbond substituents is 1. The number of carbonyl (C=O) groups excluding carboxylic acids is 3. The lowest BCUT2D eigenvalue weighted by molar-refractivity contribution is -0.112. The largest absolute Gasteiger partial charge is 0.507 e. The Bertz CT molecular complexity index is 1330. The van der Waals surface area contributed by atoms with Gasteiger partial charge < -0.3 is 20.7 Å². The molecular formula is C28H25NO6. The number of esters is 1. The molecule has 0 saturated carbocycles. The van der Waals surface area contributed by atoms with Crippen LogP contribution in [-0.4, -0.2) is 27.7 Å². The van der Waals surface area contributed by atoms with Gasteiger partial charge in [-0.1, -0.05) is 54.1 Å². The molecule has 0 saturated heterocycles. The third-order valence-corrected chi connectivity index (χ3v) is 5.10. The van der Waals surface area contributed by atoms with Crippen LogP contribution in [0.5, 0.6) is 11.5 Å². The van der Waals surface area contributed by atoms with E-state index >= 15 is 0 Å². The number of Topliss-reactive ketones (excluding diaryl/α,β-unsaturated/α-hetero) is 2. The number of allylic oxidation sites excluding steroid dienone is 3. The predicted molar refractivity (Wildman–Crippen MR) is 133 cm³/mol. The number of carbonyl (C=O) groups is 3. The molecular weight excluding hydrogens is 446 g/mol. The first-order valence-electron chi connectivity index (χ1n) is 10.8. The lowest BCUT2D eigenvalue weighted by Crippen LogP contribution is -2.23. The number of para-hydroxylation sites is 1. The Morgan fingerprint density at radius 1 is 0.886 bits per heavy atom. The number of ketones is 2. The van der Waals surface area contributed by atoms with Gasteiger partial charge >= 0.3 is 5.97 Å². The molecule has 0 fully saturated rings. The molecule has 3 aromatic carbocycles. The van der Waals surface area contributed by atoms with E-state index in [1.165, 1.54) is 18.2 Å². The van der Waals surface area contributed by atoms with Crippen LogP contribution in [0.2, 0.25) is 0 Å². The fourth-order valence-electron chi connectivity index (χ4n) is 3.28. The lowest BCUT2D eigenvalue weighted by atomic mass is 9.87. The molecule has 0 atom stereocenters. The maximum atomic E-state index is 11.9. The first kappa shape index (κ1) is 25.0. The molecule has 1 aliphatic rings. The van der Waals surface area contributed by atoms with Gasteiger partial charge in [0, 0.05) is 28.5 Å². The van der Waals surface area contributed by atoms with Crippen LogP contribution in [0.15, 0.2) is 90.0 Å². The van der Waals surface area contributed by atoms with Crippen LogP contribution >= 0.6 is 0 Å². The molecule has 1 aliphatic carbocycles. The number of hydrogen-bond donors (Lipinski definition) is 3. The SMILES string of the molecule is CC(C)=CCC1=C(O)c2ccccc2C(=O)C1=O.Nc1ccc(C(=O)Oc2ccccc2)c(O)c1. The van der Waals surface area contributed by atoms with Crippen molar-refractivity contribution in [3.63, 3.8) is 0 Å². The molecule has 3 aromatic rings. The second-order valence-corrected chi connectivity index (χ2v) is 8.00. The molecule has 0 aliphatic heterocycles.